The van der Waals surface area contributed by atoms with E-state index in [1.165, 1.54) is 0 Å². The van der Waals surface area contributed by atoms with E-state index in [1.54, 1.807) is 31.8 Å². The number of nitrogens with one attached hydrogen (secondary N) is 1. The van der Waals surface area contributed by atoms with Crippen LogP contribution < -0.4 is 19.7 Å². The summed E-state index contributed by atoms with van der Waals surface area (Å²) in [6.45, 7) is 3.79. The minimum absolute atomic E-state index is 0.0695. The Hall–Kier alpha value is -3.46. The molecule has 3 aromatic heterocycles. The number of pyridine rings is 2. The van der Waals surface area contributed by atoms with Crippen LogP contribution in [0.1, 0.15) is 34.6 Å². The highest BCUT2D eigenvalue weighted by Crippen LogP contribution is 2.27. The first-order valence-corrected chi connectivity index (χ1v) is 11.5. The molecule has 4 rings (SSSR count). The van der Waals surface area contributed by atoms with Crippen molar-refractivity contribution in [1.29, 1.82) is 0 Å². The second kappa shape index (κ2) is 11.1. The van der Waals surface area contributed by atoms with Crippen LogP contribution in [-0.2, 0) is 6.42 Å². The number of piperidine rings is 1. The average molecular weight is 483 g/mol. The third-order valence-electron chi connectivity index (χ3n) is 5.68. The molecule has 0 aromatic carbocycles. The van der Waals surface area contributed by atoms with Crippen LogP contribution in [0.2, 0.25) is 5.15 Å². The van der Waals surface area contributed by atoms with Gasteiger partial charge < -0.3 is 19.7 Å². The molecule has 1 aliphatic rings. The number of carbonyl (C=O) groups is 1. The van der Waals surface area contributed by atoms with Crippen molar-refractivity contribution in [2.45, 2.75) is 32.3 Å². The Morgan fingerprint density at radius 1 is 1.18 bits per heavy atom. The van der Waals surface area contributed by atoms with Crippen molar-refractivity contribution in [2.75, 3.05) is 31.6 Å². The number of aromatic nitrogens is 4. The van der Waals surface area contributed by atoms with Crippen LogP contribution in [0.25, 0.3) is 0 Å². The maximum absolute atomic E-state index is 12.7. The van der Waals surface area contributed by atoms with Gasteiger partial charge in [0, 0.05) is 56.5 Å². The molecular weight excluding hydrogens is 456 g/mol. The number of ether oxygens (including phenoxy) is 2. The first-order valence-electron chi connectivity index (χ1n) is 11.2. The molecule has 0 aliphatic carbocycles. The number of carbonyl (C=O) groups excluding carboxylic acids is 1. The fourth-order valence-electron chi connectivity index (χ4n) is 3.77. The average Bonchev–Trinajstić information content (AvgIpc) is 2.87. The second-order valence-corrected chi connectivity index (χ2v) is 8.35. The third-order valence-corrected chi connectivity index (χ3v) is 6.04. The van der Waals surface area contributed by atoms with Crippen molar-refractivity contribution in [1.82, 2.24) is 25.3 Å². The minimum atomic E-state index is -0.345. The van der Waals surface area contributed by atoms with E-state index in [4.69, 9.17) is 21.1 Å². The van der Waals surface area contributed by atoms with Crippen molar-refractivity contribution in [3.63, 3.8) is 0 Å². The molecule has 3 aromatic rings. The summed E-state index contributed by atoms with van der Waals surface area (Å²) in [5.41, 5.74) is 1.85. The van der Waals surface area contributed by atoms with Gasteiger partial charge >= 0.3 is 0 Å². The monoisotopic (exact) mass is 482 g/mol. The maximum atomic E-state index is 12.7. The minimum Gasteiger partial charge on any atom is -0.489 e. The summed E-state index contributed by atoms with van der Waals surface area (Å²) in [5.74, 6) is 1.68. The van der Waals surface area contributed by atoms with E-state index in [1.807, 2.05) is 25.1 Å². The largest absolute Gasteiger partial charge is 0.489 e. The predicted octanol–water partition coefficient (Wildman–Crippen LogP) is 3.26. The quantitative estimate of drug-likeness (QED) is 0.488. The van der Waals surface area contributed by atoms with Crippen LogP contribution in [0.3, 0.4) is 0 Å². The van der Waals surface area contributed by atoms with Gasteiger partial charge in [-0.05, 0) is 37.1 Å². The van der Waals surface area contributed by atoms with E-state index in [0.717, 1.165) is 37.1 Å². The maximum Gasteiger partial charge on any atom is 0.289 e. The number of hydrogen-bond donors (Lipinski definition) is 1. The lowest BCUT2D eigenvalue weighted by Gasteiger charge is -2.33. The fourth-order valence-corrected chi connectivity index (χ4v) is 3.94. The summed E-state index contributed by atoms with van der Waals surface area (Å²) in [6, 6.07) is 7.47. The molecule has 0 bridgehead atoms. The zero-order valence-corrected chi connectivity index (χ0v) is 20.0. The van der Waals surface area contributed by atoms with Crippen LogP contribution in [-0.4, -0.2) is 58.7 Å². The van der Waals surface area contributed by atoms with Crippen molar-refractivity contribution in [2.24, 2.45) is 0 Å². The molecule has 0 unspecified atom stereocenters. The molecule has 0 saturated carbocycles. The van der Waals surface area contributed by atoms with Gasteiger partial charge in [0.25, 0.3) is 5.91 Å². The Morgan fingerprint density at radius 2 is 1.94 bits per heavy atom. The van der Waals surface area contributed by atoms with Gasteiger partial charge in [-0.2, -0.15) is 0 Å². The molecule has 1 amide bonds. The fraction of sp³-hybridized carbons (Fsp3) is 0.375. The van der Waals surface area contributed by atoms with Crippen molar-refractivity contribution in [3.8, 4) is 11.6 Å². The van der Waals surface area contributed by atoms with E-state index in [2.05, 4.69) is 30.2 Å². The van der Waals surface area contributed by atoms with Crippen LogP contribution in [0.4, 0.5) is 5.82 Å². The van der Waals surface area contributed by atoms with Gasteiger partial charge in [0.2, 0.25) is 11.7 Å². The van der Waals surface area contributed by atoms with E-state index in [-0.39, 0.29) is 23.0 Å². The van der Waals surface area contributed by atoms with Gasteiger partial charge in [-0.1, -0.05) is 11.6 Å². The first-order chi connectivity index (χ1) is 16.5. The summed E-state index contributed by atoms with van der Waals surface area (Å²) < 4.78 is 11.1. The molecule has 0 spiro atoms. The van der Waals surface area contributed by atoms with Crippen molar-refractivity contribution >= 4 is 23.3 Å². The molecule has 178 valence electrons. The van der Waals surface area contributed by atoms with E-state index < -0.39 is 0 Å². The number of amides is 1. The Balaban J connectivity index is 1.35. The van der Waals surface area contributed by atoms with Gasteiger partial charge in [-0.15, -0.1) is 0 Å². The van der Waals surface area contributed by atoms with Crippen LogP contribution in [0.15, 0.2) is 42.9 Å². The summed E-state index contributed by atoms with van der Waals surface area (Å²) in [6.07, 6.45) is 7.50. The SMILES string of the molecule is COc1ccc(OC2CCN(c3nc(C(=O)NCCc4ccncc4)nc(Cl)c3C)CC2)cn1. The zero-order chi connectivity index (χ0) is 23.9. The number of halogens is 1. The molecule has 0 radical (unpaired) electrons. The molecule has 1 fully saturated rings. The smallest absolute Gasteiger partial charge is 0.289 e. The number of methoxy groups -OCH3 is 1. The molecule has 10 heteroatoms. The second-order valence-electron chi connectivity index (χ2n) is 7.99. The Morgan fingerprint density at radius 3 is 2.62 bits per heavy atom. The van der Waals surface area contributed by atoms with Gasteiger partial charge in [-0.3, -0.25) is 9.78 Å². The van der Waals surface area contributed by atoms with E-state index in [9.17, 15) is 4.79 Å². The van der Waals surface area contributed by atoms with Crippen molar-refractivity contribution < 1.29 is 14.3 Å². The van der Waals surface area contributed by atoms with Gasteiger partial charge in [0.05, 0.1) is 13.3 Å². The predicted molar refractivity (Wildman–Crippen MR) is 129 cm³/mol. The van der Waals surface area contributed by atoms with Gasteiger partial charge in [0.15, 0.2) is 0 Å². The summed E-state index contributed by atoms with van der Waals surface area (Å²) >= 11 is 6.37. The Labute approximate surface area is 203 Å². The molecule has 1 aliphatic heterocycles. The van der Waals surface area contributed by atoms with Gasteiger partial charge in [0.1, 0.15) is 22.8 Å². The van der Waals surface area contributed by atoms with Crippen LogP contribution in [0.5, 0.6) is 11.6 Å². The molecule has 9 nitrogen and oxygen atoms in total. The molecule has 1 N–H and O–H groups in total. The highest BCUT2D eigenvalue weighted by atomic mass is 35.5. The highest BCUT2D eigenvalue weighted by Gasteiger charge is 2.25. The van der Waals surface area contributed by atoms with Gasteiger partial charge in [-0.25, -0.2) is 15.0 Å². The summed E-state index contributed by atoms with van der Waals surface area (Å²) in [7, 11) is 1.58. The first kappa shape index (κ1) is 23.7. The molecule has 34 heavy (non-hydrogen) atoms. The molecule has 0 atom stereocenters. The summed E-state index contributed by atoms with van der Waals surface area (Å²) in [5, 5.41) is 3.15. The number of anilines is 1. The third kappa shape index (κ3) is 5.91. The molecular formula is C24H27ClN6O3. The number of nitrogens with zero attached hydrogens (tertiary/aromatic N) is 5. The van der Waals surface area contributed by atoms with Crippen LogP contribution in [0, 0.1) is 6.92 Å². The van der Waals surface area contributed by atoms with E-state index in [0.29, 0.717) is 30.4 Å². The molecule has 1 saturated heterocycles. The number of hydrogen-bond acceptors (Lipinski definition) is 8. The molecule has 4 heterocycles. The standard InChI is InChI=1S/C24H27ClN6O3/c1-16-21(25)29-22(24(32)27-12-7-17-5-10-26-11-6-17)30-23(16)31-13-8-18(9-14-31)34-19-3-4-20(33-2)28-15-19/h3-6,10-11,15,18H,7-9,12-14H2,1-2H3,(H,27,32). The number of rotatable bonds is 8. The lowest BCUT2D eigenvalue weighted by atomic mass is 10.1. The van der Waals surface area contributed by atoms with Crippen molar-refractivity contribution in [3.05, 3.63) is 65.0 Å². The topological polar surface area (TPSA) is 102 Å². The highest BCUT2D eigenvalue weighted by molar-refractivity contribution is 6.30. The zero-order valence-electron chi connectivity index (χ0n) is 19.2. The van der Waals surface area contributed by atoms with Crippen LogP contribution >= 0.6 is 11.6 Å². The Bertz CT molecular complexity index is 1110. The lowest BCUT2D eigenvalue weighted by molar-refractivity contribution is 0.0943. The normalized spacial score (nSPS) is 14.0. The Kier molecular flexibility index (Phi) is 7.74. The lowest BCUT2D eigenvalue weighted by Crippen LogP contribution is -2.39. The van der Waals surface area contributed by atoms with E-state index >= 15 is 0 Å². The summed E-state index contributed by atoms with van der Waals surface area (Å²) in [4.78, 5) is 31.7.